The first-order valence-electron chi connectivity index (χ1n) is 9.04. The van der Waals surface area contributed by atoms with Gasteiger partial charge in [0.1, 0.15) is 0 Å². The van der Waals surface area contributed by atoms with Gasteiger partial charge in [-0.15, -0.1) is 11.3 Å². The van der Waals surface area contributed by atoms with E-state index >= 15 is 0 Å². The number of hydrogen-bond acceptors (Lipinski definition) is 6. The van der Waals surface area contributed by atoms with Gasteiger partial charge in [0.25, 0.3) is 0 Å². The fourth-order valence-electron chi connectivity index (χ4n) is 3.18. The van der Waals surface area contributed by atoms with E-state index in [4.69, 9.17) is 0 Å². The van der Waals surface area contributed by atoms with E-state index in [1.165, 1.54) is 23.5 Å². The number of nitrogens with zero attached hydrogens (tertiary/aromatic N) is 3. The molecule has 2 amide bonds. The largest absolute Gasteiger partial charge is 0.310 e. The molecule has 0 bridgehead atoms. The van der Waals surface area contributed by atoms with Crippen LogP contribution in [0.5, 0.6) is 0 Å². The zero-order valence-corrected chi connectivity index (χ0v) is 17.7. The summed E-state index contributed by atoms with van der Waals surface area (Å²) in [5.41, 5.74) is 1.26. The lowest BCUT2D eigenvalue weighted by Gasteiger charge is -2.27. The second-order valence-electron chi connectivity index (χ2n) is 7.07. The summed E-state index contributed by atoms with van der Waals surface area (Å²) in [6.45, 7) is 4.47. The monoisotopic (exact) mass is 421 g/mol. The van der Waals surface area contributed by atoms with Crippen LogP contribution in [0.15, 0.2) is 34.5 Å². The molecule has 0 N–H and O–H groups in total. The number of hydrogen-bond donors (Lipinski definition) is 0. The minimum Gasteiger partial charge on any atom is -0.310 e. The molecule has 28 heavy (non-hydrogen) atoms. The lowest BCUT2D eigenvalue weighted by atomic mass is 10.2. The van der Waals surface area contributed by atoms with Gasteiger partial charge in [-0.25, -0.2) is 13.4 Å². The van der Waals surface area contributed by atoms with E-state index in [2.05, 4.69) is 4.98 Å². The van der Waals surface area contributed by atoms with E-state index in [1.54, 1.807) is 21.9 Å². The molecule has 1 saturated heterocycles. The van der Waals surface area contributed by atoms with Crippen LogP contribution >= 0.6 is 11.3 Å². The van der Waals surface area contributed by atoms with Crippen LogP contribution in [0.25, 0.3) is 0 Å². The van der Waals surface area contributed by atoms with Crippen molar-refractivity contribution >= 4 is 43.8 Å². The summed E-state index contributed by atoms with van der Waals surface area (Å²) < 4.78 is 23.3. The normalized spacial score (nSPS) is 14.7. The van der Waals surface area contributed by atoms with Crippen molar-refractivity contribution in [1.29, 1.82) is 0 Å². The molecule has 1 fully saturated rings. The Bertz CT molecular complexity index is 981. The second-order valence-corrected chi connectivity index (χ2v) is 9.92. The highest BCUT2D eigenvalue weighted by atomic mass is 32.2. The van der Waals surface area contributed by atoms with Crippen molar-refractivity contribution in [2.45, 2.75) is 44.0 Å². The lowest BCUT2D eigenvalue weighted by molar-refractivity contribution is -0.118. The Labute approximate surface area is 168 Å². The van der Waals surface area contributed by atoms with Crippen LogP contribution in [-0.4, -0.2) is 44.1 Å². The molecular formula is C19H23N3O4S2. The van der Waals surface area contributed by atoms with Gasteiger partial charge in [-0.3, -0.25) is 14.5 Å². The molecule has 0 unspecified atom stereocenters. The zero-order chi connectivity index (χ0) is 20.5. The van der Waals surface area contributed by atoms with E-state index in [0.717, 1.165) is 12.7 Å². The maximum Gasteiger partial charge on any atom is 0.233 e. The summed E-state index contributed by atoms with van der Waals surface area (Å²) in [5, 5.41) is 2.45. The lowest BCUT2D eigenvalue weighted by Crippen LogP contribution is -2.38. The van der Waals surface area contributed by atoms with Crippen molar-refractivity contribution in [2.24, 2.45) is 0 Å². The average molecular weight is 422 g/mol. The highest BCUT2D eigenvalue weighted by Crippen LogP contribution is 2.26. The Morgan fingerprint density at radius 3 is 2.50 bits per heavy atom. The van der Waals surface area contributed by atoms with Crippen LogP contribution in [0, 0.1) is 0 Å². The standard InChI is InChI=1S/C19H23N3O4S2/c1-13(2)22(15-6-8-16(9-7-15)28(3,25)26)18(24)11-14-12-27-19(20-14)21-10-4-5-17(21)23/h6-9,12-13H,4-5,10-11H2,1-3H3. The first-order chi connectivity index (χ1) is 13.2. The van der Waals surface area contributed by atoms with E-state index in [9.17, 15) is 18.0 Å². The first kappa shape index (κ1) is 20.5. The van der Waals surface area contributed by atoms with Crippen LogP contribution < -0.4 is 9.80 Å². The number of carbonyl (C=O) groups is 2. The molecule has 2 heterocycles. The molecule has 1 aliphatic heterocycles. The number of sulfone groups is 1. The van der Waals surface area contributed by atoms with Crippen molar-refractivity contribution in [3.05, 3.63) is 35.3 Å². The third-order valence-corrected chi connectivity index (χ3v) is 6.55. The Hall–Kier alpha value is -2.26. The van der Waals surface area contributed by atoms with Gasteiger partial charge in [0, 0.05) is 36.3 Å². The van der Waals surface area contributed by atoms with E-state index < -0.39 is 9.84 Å². The molecule has 1 aromatic heterocycles. The van der Waals surface area contributed by atoms with Gasteiger partial charge in [-0.1, -0.05) is 0 Å². The minimum atomic E-state index is -3.29. The Morgan fingerprint density at radius 1 is 1.29 bits per heavy atom. The number of benzene rings is 1. The highest BCUT2D eigenvalue weighted by Gasteiger charge is 2.25. The van der Waals surface area contributed by atoms with Crippen LogP contribution in [-0.2, 0) is 25.8 Å². The fraction of sp³-hybridized carbons (Fsp3) is 0.421. The smallest absolute Gasteiger partial charge is 0.233 e. The summed E-state index contributed by atoms with van der Waals surface area (Å²) in [7, 11) is -3.29. The minimum absolute atomic E-state index is 0.0713. The van der Waals surface area contributed by atoms with Crippen molar-refractivity contribution < 1.29 is 18.0 Å². The van der Waals surface area contributed by atoms with Gasteiger partial charge in [-0.05, 0) is 44.5 Å². The molecule has 0 aliphatic carbocycles. The maximum atomic E-state index is 12.9. The van der Waals surface area contributed by atoms with E-state index in [0.29, 0.717) is 29.5 Å². The van der Waals surface area contributed by atoms with Gasteiger partial charge >= 0.3 is 0 Å². The molecule has 0 atom stereocenters. The molecule has 1 aromatic carbocycles. The van der Waals surface area contributed by atoms with Gasteiger partial charge < -0.3 is 4.90 Å². The Morgan fingerprint density at radius 2 is 1.96 bits per heavy atom. The SMILES string of the molecule is CC(C)N(C(=O)Cc1csc(N2CCCC2=O)n1)c1ccc(S(C)(=O)=O)cc1. The highest BCUT2D eigenvalue weighted by molar-refractivity contribution is 7.90. The van der Waals surface area contributed by atoms with Crippen molar-refractivity contribution in [3.63, 3.8) is 0 Å². The summed E-state index contributed by atoms with van der Waals surface area (Å²) in [6, 6.07) is 6.20. The van der Waals surface area contributed by atoms with Crippen LogP contribution in [0.3, 0.4) is 0 Å². The maximum absolute atomic E-state index is 12.9. The molecule has 2 aromatic rings. The Balaban J connectivity index is 1.77. The molecular weight excluding hydrogens is 398 g/mol. The summed E-state index contributed by atoms with van der Waals surface area (Å²) in [6.07, 6.45) is 2.64. The third kappa shape index (κ3) is 4.41. The van der Waals surface area contributed by atoms with Crippen molar-refractivity contribution in [3.8, 4) is 0 Å². The molecule has 150 valence electrons. The van der Waals surface area contributed by atoms with Crippen molar-refractivity contribution in [2.75, 3.05) is 22.6 Å². The number of aromatic nitrogens is 1. The van der Waals surface area contributed by atoms with Gasteiger partial charge in [-0.2, -0.15) is 0 Å². The molecule has 0 spiro atoms. The van der Waals surface area contributed by atoms with Gasteiger partial charge in [0.05, 0.1) is 17.0 Å². The molecule has 0 saturated carbocycles. The first-order valence-corrected chi connectivity index (χ1v) is 11.8. The molecule has 7 nitrogen and oxygen atoms in total. The fourth-order valence-corrected chi connectivity index (χ4v) is 4.67. The number of thiazole rings is 1. The predicted octanol–water partition coefficient (Wildman–Crippen LogP) is 2.66. The number of carbonyl (C=O) groups excluding carboxylic acids is 2. The van der Waals surface area contributed by atoms with Crippen LogP contribution in [0.4, 0.5) is 10.8 Å². The molecule has 3 rings (SSSR count). The van der Waals surface area contributed by atoms with Crippen LogP contribution in [0.2, 0.25) is 0 Å². The molecule has 0 radical (unpaired) electrons. The topological polar surface area (TPSA) is 87.7 Å². The van der Waals surface area contributed by atoms with Gasteiger partial charge in [0.2, 0.25) is 11.8 Å². The average Bonchev–Trinajstić information content (AvgIpc) is 3.23. The number of anilines is 2. The quantitative estimate of drug-likeness (QED) is 0.716. The van der Waals surface area contributed by atoms with Crippen LogP contribution in [0.1, 0.15) is 32.4 Å². The summed E-state index contributed by atoms with van der Waals surface area (Å²) in [5.74, 6) is -0.0614. The van der Waals surface area contributed by atoms with E-state index in [1.807, 2.05) is 19.2 Å². The van der Waals surface area contributed by atoms with Crippen molar-refractivity contribution in [1.82, 2.24) is 4.98 Å². The number of rotatable bonds is 6. The van der Waals surface area contributed by atoms with Gasteiger partial charge in [0.15, 0.2) is 15.0 Å². The third-order valence-electron chi connectivity index (χ3n) is 4.50. The summed E-state index contributed by atoms with van der Waals surface area (Å²) >= 11 is 1.37. The van der Waals surface area contributed by atoms with E-state index in [-0.39, 0.29) is 29.2 Å². The zero-order valence-electron chi connectivity index (χ0n) is 16.1. The summed E-state index contributed by atoms with van der Waals surface area (Å²) in [4.78, 5) is 32.8. The number of amides is 2. The second kappa shape index (κ2) is 8.00. The Kier molecular flexibility index (Phi) is 5.85. The predicted molar refractivity (Wildman–Crippen MR) is 110 cm³/mol. The molecule has 1 aliphatic rings. The molecule has 9 heteroatoms.